The molecule has 26 heavy (non-hydrogen) atoms. The van der Waals surface area contributed by atoms with Crippen LogP contribution >= 0.6 is 11.6 Å². The summed E-state index contributed by atoms with van der Waals surface area (Å²) in [4.78, 5) is 39.4. The first kappa shape index (κ1) is 19.3. The average molecular weight is 380 g/mol. The van der Waals surface area contributed by atoms with Gasteiger partial charge in [-0.1, -0.05) is 23.7 Å². The molecular weight excluding hydrogens is 365 g/mol. The molecule has 2 rings (SSSR count). The largest absolute Gasteiger partial charge is 0.451 e. The van der Waals surface area contributed by atoms with E-state index in [9.17, 15) is 18.8 Å². The molecule has 2 N–H and O–H groups in total. The van der Waals surface area contributed by atoms with Crippen LogP contribution in [0.5, 0.6) is 0 Å². The summed E-state index contributed by atoms with van der Waals surface area (Å²) in [7, 11) is 0. The lowest BCUT2D eigenvalue weighted by Crippen LogP contribution is -2.36. The molecule has 0 aliphatic carbocycles. The van der Waals surface area contributed by atoms with Gasteiger partial charge < -0.3 is 15.4 Å². The summed E-state index contributed by atoms with van der Waals surface area (Å²) in [6.07, 6.45) is 0.233. The van der Waals surface area contributed by atoms with Crippen molar-refractivity contribution in [2.45, 2.75) is 13.0 Å². The van der Waals surface area contributed by atoms with Crippen molar-refractivity contribution in [1.82, 2.24) is 10.3 Å². The van der Waals surface area contributed by atoms with E-state index in [1.807, 2.05) is 0 Å². The van der Waals surface area contributed by atoms with Gasteiger partial charge >= 0.3 is 5.97 Å². The van der Waals surface area contributed by atoms with Crippen LogP contribution in [0.15, 0.2) is 42.6 Å². The van der Waals surface area contributed by atoms with Crippen LogP contribution in [0, 0.1) is 5.82 Å². The van der Waals surface area contributed by atoms with Crippen molar-refractivity contribution in [1.29, 1.82) is 0 Å². The van der Waals surface area contributed by atoms with Crippen LogP contribution in [0.1, 0.15) is 17.3 Å². The fraction of sp³-hybridized carbons (Fsp3) is 0.176. The molecule has 1 heterocycles. The number of halogens is 2. The Labute approximate surface area is 153 Å². The monoisotopic (exact) mass is 379 g/mol. The summed E-state index contributed by atoms with van der Waals surface area (Å²) in [5, 5.41) is 5.09. The molecule has 0 aliphatic rings. The fourth-order valence-corrected chi connectivity index (χ4v) is 1.97. The van der Waals surface area contributed by atoms with Gasteiger partial charge in [-0.3, -0.25) is 14.4 Å². The van der Waals surface area contributed by atoms with Crippen molar-refractivity contribution in [3.63, 3.8) is 0 Å². The molecule has 0 aliphatic heterocycles. The first-order valence-electron chi connectivity index (χ1n) is 7.51. The molecule has 1 aromatic carbocycles. The fourth-order valence-electron chi connectivity index (χ4n) is 1.86. The van der Waals surface area contributed by atoms with E-state index in [1.165, 1.54) is 37.4 Å². The molecule has 2 aromatic rings. The van der Waals surface area contributed by atoms with Gasteiger partial charge in [-0.05, 0) is 31.2 Å². The highest BCUT2D eigenvalue weighted by Crippen LogP contribution is 2.10. The molecule has 0 bridgehead atoms. The number of aromatic nitrogens is 1. The van der Waals surface area contributed by atoms with Crippen molar-refractivity contribution in [3.8, 4) is 0 Å². The van der Waals surface area contributed by atoms with Crippen LogP contribution in [0.25, 0.3) is 0 Å². The normalized spacial score (nSPS) is 11.3. The van der Waals surface area contributed by atoms with Crippen LogP contribution in [-0.4, -0.2) is 35.4 Å². The molecule has 0 saturated heterocycles. The third-order valence-corrected chi connectivity index (χ3v) is 3.39. The molecule has 1 unspecified atom stereocenters. The second-order valence-electron chi connectivity index (χ2n) is 5.15. The SMILES string of the molecule is CC(OC(=O)CNC(=O)c1ccccc1F)C(=O)Nc1ccc(Cl)cn1. The maximum absolute atomic E-state index is 13.5. The minimum atomic E-state index is -1.12. The van der Waals surface area contributed by atoms with Crippen LogP contribution in [0.2, 0.25) is 5.02 Å². The Morgan fingerprint density at radius 1 is 1.23 bits per heavy atom. The second-order valence-corrected chi connectivity index (χ2v) is 5.58. The van der Waals surface area contributed by atoms with E-state index in [0.717, 1.165) is 6.07 Å². The molecule has 0 saturated carbocycles. The van der Waals surface area contributed by atoms with Crippen molar-refractivity contribution < 1.29 is 23.5 Å². The van der Waals surface area contributed by atoms with Crippen LogP contribution in [0.3, 0.4) is 0 Å². The number of hydrogen-bond acceptors (Lipinski definition) is 5. The number of anilines is 1. The quantitative estimate of drug-likeness (QED) is 0.750. The first-order valence-corrected chi connectivity index (χ1v) is 7.89. The third kappa shape index (κ3) is 5.52. The number of nitrogens with one attached hydrogen (secondary N) is 2. The lowest BCUT2D eigenvalue weighted by Gasteiger charge is -2.13. The smallest absolute Gasteiger partial charge is 0.326 e. The molecule has 1 aromatic heterocycles. The number of hydrogen-bond donors (Lipinski definition) is 2. The standard InChI is InChI=1S/C17H15ClFN3O4/c1-10(16(24)22-14-7-6-11(18)8-20-14)26-15(23)9-21-17(25)12-4-2-3-5-13(12)19/h2-8,10H,9H2,1H3,(H,21,25)(H,20,22,24). The van der Waals surface area contributed by atoms with Crippen molar-refractivity contribution in [3.05, 3.63) is 59.0 Å². The van der Waals surface area contributed by atoms with Crippen molar-refractivity contribution >= 4 is 35.2 Å². The number of pyridine rings is 1. The molecule has 9 heteroatoms. The van der Waals surface area contributed by atoms with Gasteiger partial charge in [0.05, 0.1) is 10.6 Å². The van der Waals surface area contributed by atoms with E-state index in [-0.39, 0.29) is 11.4 Å². The minimum absolute atomic E-state index is 0.195. The van der Waals surface area contributed by atoms with E-state index < -0.39 is 36.2 Å². The van der Waals surface area contributed by atoms with Crippen LogP contribution in [-0.2, 0) is 14.3 Å². The Bertz CT molecular complexity index is 814. The zero-order chi connectivity index (χ0) is 19.1. The van der Waals surface area contributed by atoms with Gasteiger partial charge in [0.15, 0.2) is 6.10 Å². The van der Waals surface area contributed by atoms with E-state index in [4.69, 9.17) is 16.3 Å². The van der Waals surface area contributed by atoms with Gasteiger partial charge in [-0.15, -0.1) is 0 Å². The Kier molecular flexibility index (Phi) is 6.62. The molecular formula is C17H15ClFN3O4. The Morgan fingerprint density at radius 2 is 1.96 bits per heavy atom. The lowest BCUT2D eigenvalue weighted by atomic mass is 10.2. The number of benzene rings is 1. The van der Waals surface area contributed by atoms with Gasteiger partial charge in [0.1, 0.15) is 18.2 Å². The summed E-state index contributed by atoms with van der Waals surface area (Å²) < 4.78 is 18.4. The average Bonchev–Trinajstić information content (AvgIpc) is 2.62. The zero-order valence-electron chi connectivity index (χ0n) is 13.7. The van der Waals surface area contributed by atoms with E-state index in [2.05, 4.69) is 15.6 Å². The number of carbonyl (C=O) groups is 3. The van der Waals surface area contributed by atoms with Crippen LogP contribution in [0.4, 0.5) is 10.2 Å². The summed E-state index contributed by atoms with van der Waals surface area (Å²) in [6.45, 7) is 0.853. The molecule has 0 radical (unpaired) electrons. The van der Waals surface area contributed by atoms with Gasteiger partial charge in [-0.2, -0.15) is 0 Å². The topological polar surface area (TPSA) is 97.4 Å². The predicted molar refractivity (Wildman–Crippen MR) is 92.2 cm³/mol. The summed E-state index contributed by atoms with van der Waals surface area (Å²) in [6, 6.07) is 8.38. The summed E-state index contributed by atoms with van der Waals surface area (Å²) in [5.41, 5.74) is -0.195. The molecule has 0 spiro atoms. The maximum atomic E-state index is 13.5. The number of rotatable bonds is 6. The molecule has 136 valence electrons. The van der Waals surface area contributed by atoms with Gasteiger partial charge in [-0.25, -0.2) is 9.37 Å². The number of nitrogens with zero attached hydrogens (tertiary/aromatic N) is 1. The predicted octanol–water partition coefficient (Wildman–Crippen LogP) is 2.17. The zero-order valence-corrected chi connectivity index (χ0v) is 14.4. The van der Waals surface area contributed by atoms with Gasteiger partial charge in [0, 0.05) is 6.20 Å². The highest BCUT2D eigenvalue weighted by atomic mass is 35.5. The lowest BCUT2D eigenvalue weighted by molar-refractivity contribution is -0.152. The highest BCUT2D eigenvalue weighted by molar-refractivity contribution is 6.30. The number of esters is 1. The van der Waals surface area contributed by atoms with Crippen molar-refractivity contribution in [2.24, 2.45) is 0 Å². The Hall–Kier alpha value is -3.00. The number of carbonyl (C=O) groups excluding carboxylic acids is 3. The van der Waals surface area contributed by atoms with Crippen molar-refractivity contribution in [2.75, 3.05) is 11.9 Å². The van der Waals surface area contributed by atoms with E-state index in [1.54, 1.807) is 6.07 Å². The highest BCUT2D eigenvalue weighted by Gasteiger charge is 2.19. The number of ether oxygens (including phenoxy) is 1. The van der Waals surface area contributed by atoms with Crippen LogP contribution < -0.4 is 10.6 Å². The maximum Gasteiger partial charge on any atom is 0.326 e. The third-order valence-electron chi connectivity index (χ3n) is 3.17. The Morgan fingerprint density at radius 3 is 2.62 bits per heavy atom. The molecule has 1 atom stereocenters. The molecule has 7 nitrogen and oxygen atoms in total. The summed E-state index contributed by atoms with van der Waals surface area (Å²) in [5.74, 6) is -2.67. The van der Waals surface area contributed by atoms with E-state index in [0.29, 0.717) is 5.02 Å². The minimum Gasteiger partial charge on any atom is -0.451 e. The first-order chi connectivity index (χ1) is 12.4. The van der Waals surface area contributed by atoms with Gasteiger partial charge in [0.25, 0.3) is 11.8 Å². The Balaban J connectivity index is 1.81. The second kappa shape index (κ2) is 8.91. The summed E-state index contributed by atoms with van der Waals surface area (Å²) >= 11 is 5.69. The number of amides is 2. The molecule has 2 amide bonds. The van der Waals surface area contributed by atoms with Gasteiger partial charge in [0.2, 0.25) is 0 Å². The van der Waals surface area contributed by atoms with E-state index >= 15 is 0 Å². The molecule has 0 fully saturated rings.